The van der Waals surface area contributed by atoms with Crippen molar-refractivity contribution in [3.05, 3.63) is 29.4 Å². The number of nitrogens with one attached hydrogen (secondary N) is 1. The van der Waals surface area contributed by atoms with Crippen molar-refractivity contribution in [1.29, 1.82) is 0 Å². The standard InChI is InChI=1S/C13H14ClN3/c1-13(2)7-10(13)15-12-9-6-4-3-5-8(9)11(14)16-17-12/h3-6,10H,7H2,1-2H3,(H,15,17). The van der Waals surface area contributed by atoms with Crippen molar-refractivity contribution < 1.29 is 0 Å². The second kappa shape index (κ2) is 3.57. The molecule has 0 bridgehead atoms. The molecule has 1 aliphatic carbocycles. The predicted octanol–water partition coefficient (Wildman–Crippen LogP) is 3.49. The summed E-state index contributed by atoms with van der Waals surface area (Å²) in [5, 5.41) is 14.0. The van der Waals surface area contributed by atoms with Gasteiger partial charge in [0, 0.05) is 16.8 Å². The number of hydrogen-bond donors (Lipinski definition) is 1. The third kappa shape index (κ3) is 1.84. The van der Waals surface area contributed by atoms with Gasteiger partial charge in [-0.25, -0.2) is 0 Å². The molecule has 1 aromatic carbocycles. The molecule has 0 radical (unpaired) electrons. The van der Waals surface area contributed by atoms with Crippen molar-refractivity contribution in [3.8, 4) is 0 Å². The molecule has 1 aromatic heterocycles. The summed E-state index contributed by atoms with van der Waals surface area (Å²) < 4.78 is 0. The Labute approximate surface area is 105 Å². The van der Waals surface area contributed by atoms with Gasteiger partial charge in [-0.3, -0.25) is 0 Å². The van der Waals surface area contributed by atoms with E-state index < -0.39 is 0 Å². The lowest BCUT2D eigenvalue weighted by atomic mass is 10.1. The van der Waals surface area contributed by atoms with E-state index >= 15 is 0 Å². The molecule has 88 valence electrons. The zero-order valence-corrected chi connectivity index (χ0v) is 10.6. The molecule has 3 rings (SSSR count). The van der Waals surface area contributed by atoms with E-state index in [0.29, 0.717) is 16.6 Å². The molecule has 1 unspecified atom stereocenters. The van der Waals surface area contributed by atoms with Gasteiger partial charge in [0.2, 0.25) is 0 Å². The van der Waals surface area contributed by atoms with Crippen LogP contribution in [0, 0.1) is 5.41 Å². The number of nitrogens with zero attached hydrogens (tertiary/aromatic N) is 2. The van der Waals surface area contributed by atoms with E-state index in [1.807, 2.05) is 24.3 Å². The molecule has 1 atom stereocenters. The average molecular weight is 248 g/mol. The Bertz CT molecular complexity index is 580. The number of fused-ring (bicyclic) bond motifs is 1. The van der Waals surface area contributed by atoms with E-state index in [2.05, 4.69) is 29.4 Å². The molecule has 4 heteroatoms. The normalized spacial score (nSPS) is 21.5. The summed E-state index contributed by atoms with van der Waals surface area (Å²) in [6.07, 6.45) is 1.17. The van der Waals surface area contributed by atoms with E-state index in [-0.39, 0.29) is 0 Å². The molecular weight excluding hydrogens is 234 g/mol. The highest BCUT2D eigenvalue weighted by Gasteiger charge is 2.46. The second-order valence-corrected chi connectivity index (χ2v) is 5.63. The third-order valence-corrected chi connectivity index (χ3v) is 3.75. The maximum Gasteiger partial charge on any atom is 0.159 e. The maximum atomic E-state index is 6.04. The molecule has 17 heavy (non-hydrogen) atoms. The molecule has 1 aliphatic rings. The van der Waals surface area contributed by atoms with Crippen molar-refractivity contribution in [3.63, 3.8) is 0 Å². The van der Waals surface area contributed by atoms with Crippen LogP contribution in [0.15, 0.2) is 24.3 Å². The van der Waals surface area contributed by atoms with Gasteiger partial charge in [-0.05, 0) is 11.8 Å². The maximum absolute atomic E-state index is 6.04. The lowest BCUT2D eigenvalue weighted by Crippen LogP contribution is -2.10. The molecule has 1 N–H and O–H groups in total. The van der Waals surface area contributed by atoms with Crippen LogP contribution in [0.25, 0.3) is 10.8 Å². The summed E-state index contributed by atoms with van der Waals surface area (Å²) in [6, 6.07) is 8.43. The van der Waals surface area contributed by atoms with Crippen molar-refractivity contribution in [2.24, 2.45) is 5.41 Å². The molecule has 1 heterocycles. The largest absolute Gasteiger partial charge is 0.365 e. The first-order valence-corrected chi connectivity index (χ1v) is 6.13. The van der Waals surface area contributed by atoms with Gasteiger partial charge >= 0.3 is 0 Å². The summed E-state index contributed by atoms with van der Waals surface area (Å²) in [5.74, 6) is 0.834. The van der Waals surface area contributed by atoms with Crippen molar-refractivity contribution in [2.45, 2.75) is 26.3 Å². The quantitative estimate of drug-likeness (QED) is 0.883. The fourth-order valence-electron chi connectivity index (χ4n) is 2.06. The Morgan fingerprint density at radius 3 is 2.53 bits per heavy atom. The van der Waals surface area contributed by atoms with Crippen LogP contribution in [-0.2, 0) is 0 Å². The first-order chi connectivity index (χ1) is 8.08. The van der Waals surface area contributed by atoms with Gasteiger partial charge in [0.1, 0.15) is 0 Å². The van der Waals surface area contributed by atoms with Crippen LogP contribution >= 0.6 is 11.6 Å². The molecule has 0 aliphatic heterocycles. The van der Waals surface area contributed by atoms with Gasteiger partial charge in [0.25, 0.3) is 0 Å². The fourth-order valence-corrected chi connectivity index (χ4v) is 2.26. The number of rotatable bonds is 2. The molecule has 1 saturated carbocycles. The van der Waals surface area contributed by atoms with Crippen LogP contribution in [0.3, 0.4) is 0 Å². The minimum absolute atomic E-state index is 0.364. The summed E-state index contributed by atoms with van der Waals surface area (Å²) in [5.41, 5.74) is 0.364. The first-order valence-electron chi connectivity index (χ1n) is 5.75. The minimum Gasteiger partial charge on any atom is -0.365 e. The van der Waals surface area contributed by atoms with E-state index in [4.69, 9.17) is 11.6 Å². The van der Waals surface area contributed by atoms with Crippen molar-refractivity contribution in [1.82, 2.24) is 10.2 Å². The van der Waals surface area contributed by atoms with Crippen LogP contribution in [-0.4, -0.2) is 16.2 Å². The van der Waals surface area contributed by atoms with E-state index in [9.17, 15) is 0 Å². The average Bonchev–Trinajstić information content (AvgIpc) is 2.91. The fraction of sp³-hybridized carbons (Fsp3) is 0.385. The Hall–Kier alpha value is -1.35. The van der Waals surface area contributed by atoms with Gasteiger partial charge in [-0.2, -0.15) is 0 Å². The second-order valence-electron chi connectivity index (χ2n) is 5.27. The Balaban J connectivity index is 2.03. The summed E-state index contributed by atoms with van der Waals surface area (Å²) in [4.78, 5) is 0. The van der Waals surface area contributed by atoms with Crippen molar-refractivity contribution in [2.75, 3.05) is 5.32 Å². The molecule has 0 amide bonds. The minimum atomic E-state index is 0.364. The highest BCUT2D eigenvalue weighted by Crippen LogP contribution is 2.46. The Morgan fingerprint density at radius 1 is 1.24 bits per heavy atom. The topological polar surface area (TPSA) is 37.8 Å². The first kappa shape index (κ1) is 10.8. The monoisotopic (exact) mass is 247 g/mol. The molecule has 1 fully saturated rings. The molecule has 2 aromatic rings. The lowest BCUT2D eigenvalue weighted by molar-refractivity contribution is 0.629. The van der Waals surface area contributed by atoms with Crippen LogP contribution in [0.1, 0.15) is 20.3 Å². The summed E-state index contributed by atoms with van der Waals surface area (Å²) in [7, 11) is 0. The van der Waals surface area contributed by atoms with Crippen LogP contribution in [0.2, 0.25) is 5.15 Å². The number of anilines is 1. The molecule has 0 saturated heterocycles. The number of halogens is 1. The third-order valence-electron chi connectivity index (χ3n) is 3.47. The Morgan fingerprint density at radius 2 is 1.88 bits per heavy atom. The zero-order valence-electron chi connectivity index (χ0n) is 9.87. The number of benzene rings is 1. The lowest BCUT2D eigenvalue weighted by Gasteiger charge is -2.09. The van der Waals surface area contributed by atoms with Crippen molar-refractivity contribution >= 4 is 28.2 Å². The van der Waals surface area contributed by atoms with Crippen LogP contribution in [0.5, 0.6) is 0 Å². The van der Waals surface area contributed by atoms with Gasteiger partial charge in [0.15, 0.2) is 11.0 Å². The van der Waals surface area contributed by atoms with Gasteiger partial charge in [-0.1, -0.05) is 49.7 Å². The zero-order chi connectivity index (χ0) is 12.0. The summed E-state index contributed by atoms with van der Waals surface area (Å²) in [6.45, 7) is 4.49. The Kier molecular flexibility index (Phi) is 2.26. The summed E-state index contributed by atoms with van der Waals surface area (Å²) >= 11 is 6.04. The van der Waals surface area contributed by atoms with Gasteiger partial charge < -0.3 is 5.32 Å². The van der Waals surface area contributed by atoms with Crippen LogP contribution < -0.4 is 5.32 Å². The SMILES string of the molecule is CC1(C)CC1Nc1nnc(Cl)c2ccccc12. The van der Waals surface area contributed by atoms with Crippen LogP contribution in [0.4, 0.5) is 5.82 Å². The smallest absolute Gasteiger partial charge is 0.159 e. The van der Waals surface area contributed by atoms with E-state index in [1.54, 1.807) is 0 Å². The number of hydrogen-bond acceptors (Lipinski definition) is 3. The molecule has 0 spiro atoms. The number of aromatic nitrogens is 2. The van der Waals surface area contributed by atoms with Gasteiger partial charge in [0.05, 0.1) is 0 Å². The van der Waals surface area contributed by atoms with E-state index in [0.717, 1.165) is 16.6 Å². The highest BCUT2D eigenvalue weighted by atomic mass is 35.5. The van der Waals surface area contributed by atoms with Gasteiger partial charge in [-0.15, -0.1) is 10.2 Å². The predicted molar refractivity (Wildman–Crippen MR) is 70.4 cm³/mol. The highest BCUT2D eigenvalue weighted by molar-refractivity contribution is 6.34. The molecule has 3 nitrogen and oxygen atoms in total. The van der Waals surface area contributed by atoms with E-state index in [1.165, 1.54) is 6.42 Å². The molecular formula is C13H14ClN3.